The maximum Gasteiger partial charge on any atom is 0.410 e. The Morgan fingerprint density at radius 3 is 2.36 bits per heavy atom. The maximum absolute atomic E-state index is 12.7. The van der Waals surface area contributed by atoms with E-state index in [0.29, 0.717) is 25.9 Å². The van der Waals surface area contributed by atoms with E-state index in [9.17, 15) is 13.2 Å². The van der Waals surface area contributed by atoms with Gasteiger partial charge in [-0.15, -0.1) is 0 Å². The summed E-state index contributed by atoms with van der Waals surface area (Å²) in [5.74, 6) is 0. The van der Waals surface area contributed by atoms with Crippen molar-refractivity contribution < 1.29 is 26.9 Å². The lowest BCUT2D eigenvalue weighted by atomic mass is 9.83. The minimum atomic E-state index is -3.90. The molecule has 0 saturated carbocycles. The lowest BCUT2D eigenvalue weighted by Crippen LogP contribution is -2.47. The summed E-state index contributed by atoms with van der Waals surface area (Å²) in [4.78, 5) is 14.3. The minimum absolute atomic E-state index is 0.106. The van der Waals surface area contributed by atoms with E-state index >= 15 is 0 Å². The smallest absolute Gasteiger partial charge is 0.410 e. The van der Waals surface area contributed by atoms with E-state index in [1.54, 1.807) is 29.2 Å². The Hall–Kier alpha value is -2.42. The Morgan fingerprint density at radius 2 is 1.73 bits per heavy atom. The van der Waals surface area contributed by atoms with Crippen molar-refractivity contribution in [2.24, 2.45) is 0 Å². The zero-order valence-electron chi connectivity index (χ0n) is 19.5. The van der Waals surface area contributed by atoms with Crippen LogP contribution in [0.2, 0.25) is 0 Å². The molecule has 33 heavy (non-hydrogen) atoms. The molecule has 2 aliphatic heterocycles. The summed E-state index contributed by atoms with van der Waals surface area (Å²) >= 11 is 0. The van der Waals surface area contributed by atoms with Crippen LogP contribution < -0.4 is 0 Å². The summed E-state index contributed by atoms with van der Waals surface area (Å²) < 4.78 is 42.7. The first-order valence-corrected chi connectivity index (χ1v) is 12.6. The normalized spacial score (nSPS) is 20.0. The molecule has 1 amide bonds. The van der Waals surface area contributed by atoms with Gasteiger partial charge in [-0.1, -0.05) is 42.0 Å². The molecule has 2 aromatic rings. The SMILES string of the molecule is Cc1ccc(S(=O)(=O)OC[C@@H]2OC3(CCN(C(=O)OC(C)(C)C)CC3)c3ccccc32)cc1. The standard InChI is InChI=1S/C25H31NO6S/c1-18-9-11-19(12-10-18)33(28,29)30-17-22-20-7-5-6-8-21(20)25(31-22)13-15-26(16-14-25)23(27)32-24(2,3)4/h5-12,22H,13-17H2,1-4H3/t22-/m0/s1. The first kappa shape index (κ1) is 23.7. The average molecular weight is 474 g/mol. The van der Waals surface area contributed by atoms with E-state index < -0.39 is 27.4 Å². The number of ether oxygens (including phenoxy) is 2. The van der Waals surface area contributed by atoms with Gasteiger partial charge in [-0.2, -0.15) is 8.42 Å². The summed E-state index contributed by atoms with van der Waals surface area (Å²) in [5, 5.41) is 0. The van der Waals surface area contributed by atoms with Crippen molar-refractivity contribution in [3.8, 4) is 0 Å². The van der Waals surface area contributed by atoms with E-state index in [0.717, 1.165) is 16.7 Å². The molecule has 8 heteroatoms. The highest BCUT2D eigenvalue weighted by Gasteiger charge is 2.47. The molecule has 7 nitrogen and oxygen atoms in total. The molecule has 4 rings (SSSR count). The second-order valence-electron chi connectivity index (χ2n) is 9.71. The van der Waals surface area contributed by atoms with Crippen LogP contribution >= 0.6 is 0 Å². The topological polar surface area (TPSA) is 82.1 Å². The fourth-order valence-corrected chi connectivity index (χ4v) is 5.31. The zero-order valence-corrected chi connectivity index (χ0v) is 20.4. The number of aryl methyl sites for hydroxylation is 1. The van der Waals surface area contributed by atoms with Gasteiger partial charge in [0, 0.05) is 13.1 Å². The molecule has 2 aromatic carbocycles. The van der Waals surface area contributed by atoms with Gasteiger partial charge in [0.05, 0.1) is 17.1 Å². The van der Waals surface area contributed by atoms with Gasteiger partial charge >= 0.3 is 6.09 Å². The second kappa shape index (κ2) is 8.74. The predicted octanol–water partition coefficient (Wildman–Crippen LogP) is 4.70. The summed E-state index contributed by atoms with van der Waals surface area (Å²) in [7, 11) is -3.90. The highest BCUT2D eigenvalue weighted by molar-refractivity contribution is 7.86. The van der Waals surface area contributed by atoms with Crippen molar-refractivity contribution in [1.82, 2.24) is 4.90 Å². The molecule has 1 saturated heterocycles. The van der Waals surface area contributed by atoms with E-state index in [1.165, 1.54) is 0 Å². The number of carbonyl (C=O) groups is 1. The Morgan fingerprint density at radius 1 is 1.09 bits per heavy atom. The van der Waals surface area contributed by atoms with Crippen LogP contribution in [0, 0.1) is 6.92 Å². The van der Waals surface area contributed by atoms with Gasteiger partial charge in [-0.25, -0.2) is 4.79 Å². The Balaban J connectivity index is 1.47. The van der Waals surface area contributed by atoms with Gasteiger partial charge in [-0.3, -0.25) is 4.18 Å². The molecule has 2 heterocycles. The van der Waals surface area contributed by atoms with E-state index in [4.69, 9.17) is 13.7 Å². The maximum atomic E-state index is 12.7. The molecule has 0 unspecified atom stereocenters. The molecule has 178 valence electrons. The van der Waals surface area contributed by atoms with Gasteiger partial charge in [-0.05, 0) is 63.8 Å². The van der Waals surface area contributed by atoms with Gasteiger partial charge in [0.1, 0.15) is 11.7 Å². The van der Waals surface area contributed by atoms with Crippen LogP contribution in [0.15, 0.2) is 53.4 Å². The first-order valence-electron chi connectivity index (χ1n) is 11.2. The number of fused-ring (bicyclic) bond motifs is 2. The minimum Gasteiger partial charge on any atom is -0.444 e. The summed E-state index contributed by atoms with van der Waals surface area (Å²) in [6, 6.07) is 14.4. The van der Waals surface area contributed by atoms with Gasteiger partial charge in [0.15, 0.2) is 0 Å². The number of likely N-dealkylation sites (tertiary alicyclic amines) is 1. The number of benzene rings is 2. The van der Waals surface area contributed by atoms with Crippen molar-refractivity contribution in [2.45, 2.75) is 62.7 Å². The summed E-state index contributed by atoms with van der Waals surface area (Å²) in [6.45, 7) is 8.33. The van der Waals surface area contributed by atoms with Crippen molar-refractivity contribution >= 4 is 16.2 Å². The first-order chi connectivity index (χ1) is 15.5. The number of amides is 1. The quantitative estimate of drug-likeness (QED) is 0.599. The van der Waals surface area contributed by atoms with Crippen molar-refractivity contribution in [2.75, 3.05) is 19.7 Å². The molecule has 0 N–H and O–H groups in total. The Kier molecular flexibility index (Phi) is 6.28. The van der Waals surface area contributed by atoms with Crippen LogP contribution in [-0.4, -0.2) is 44.7 Å². The second-order valence-corrected chi connectivity index (χ2v) is 11.3. The fraction of sp³-hybridized carbons (Fsp3) is 0.480. The molecular formula is C25H31NO6S. The molecule has 0 bridgehead atoms. The molecule has 0 aromatic heterocycles. The van der Waals surface area contributed by atoms with Gasteiger partial charge < -0.3 is 14.4 Å². The molecule has 1 atom stereocenters. The van der Waals surface area contributed by atoms with E-state index in [2.05, 4.69) is 0 Å². The summed E-state index contributed by atoms with van der Waals surface area (Å²) in [6.07, 6.45) is 0.372. The molecule has 0 radical (unpaired) electrons. The lowest BCUT2D eigenvalue weighted by Gasteiger charge is -2.40. The average Bonchev–Trinajstić information content (AvgIpc) is 3.05. The van der Waals surface area contributed by atoms with Crippen LogP contribution in [-0.2, 0) is 29.4 Å². The third-order valence-electron chi connectivity index (χ3n) is 6.07. The molecule has 2 aliphatic rings. The number of piperidine rings is 1. The molecule has 0 aliphatic carbocycles. The lowest BCUT2D eigenvalue weighted by molar-refractivity contribution is -0.118. The number of hydrogen-bond acceptors (Lipinski definition) is 6. The predicted molar refractivity (Wildman–Crippen MR) is 123 cm³/mol. The van der Waals surface area contributed by atoms with Crippen molar-refractivity contribution in [3.05, 3.63) is 65.2 Å². The largest absolute Gasteiger partial charge is 0.444 e. The monoisotopic (exact) mass is 473 g/mol. The molecule has 1 fully saturated rings. The third-order valence-corrected chi connectivity index (χ3v) is 7.37. The number of nitrogens with zero attached hydrogens (tertiary/aromatic N) is 1. The van der Waals surface area contributed by atoms with Crippen LogP contribution in [0.4, 0.5) is 4.79 Å². The van der Waals surface area contributed by atoms with Crippen molar-refractivity contribution in [3.63, 3.8) is 0 Å². The van der Waals surface area contributed by atoms with Gasteiger partial charge in [0.2, 0.25) is 0 Å². The van der Waals surface area contributed by atoms with Gasteiger partial charge in [0.25, 0.3) is 10.1 Å². The highest BCUT2D eigenvalue weighted by Crippen LogP contribution is 2.49. The van der Waals surface area contributed by atoms with Crippen LogP contribution in [0.5, 0.6) is 0 Å². The Bertz CT molecular complexity index is 1110. The Labute approximate surface area is 195 Å². The summed E-state index contributed by atoms with van der Waals surface area (Å²) in [5.41, 5.74) is 1.82. The number of rotatable bonds is 4. The molecular weight excluding hydrogens is 442 g/mol. The van der Waals surface area contributed by atoms with Crippen LogP contribution in [0.1, 0.15) is 56.4 Å². The number of hydrogen-bond donors (Lipinski definition) is 0. The van der Waals surface area contributed by atoms with Crippen molar-refractivity contribution in [1.29, 1.82) is 0 Å². The number of carbonyl (C=O) groups excluding carboxylic acids is 1. The zero-order chi connectivity index (χ0) is 23.9. The van der Waals surface area contributed by atoms with Crippen LogP contribution in [0.25, 0.3) is 0 Å². The van der Waals surface area contributed by atoms with E-state index in [1.807, 2.05) is 52.0 Å². The molecule has 1 spiro atoms. The van der Waals surface area contributed by atoms with Crippen LogP contribution in [0.3, 0.4) is 0 Å². The third kappa shape index (κ3) is 5.08. The fourth-order valence-electron chi connectivity index (χ4n) is 4.40. The highest BCUT2D eigenvalue weighted by atomic mass is 32.2. The van der Waals surface area contributed by atoms with E-state index in [-0.39, 0.29) is 17.6 Å².